The largest absolute Gasteiger partial charge is 0.356 e. The van der Waals surface area contributed by atoms with Crippen LogP contribution in [0.5, 0.6) is 0 Å². The van der Waals surface area contributed by atoms with E-state index < -0.39 is 0 Å². The van der Waals surface area contributed by atoms with Gasteiger partial charge in [-0.2, -0.15) is 0 Å². The van der Waals surface area contributed by atoms with Gasteiger partial charge in [0.15, 0.2) is 5.96 Å². The van der Waals surface area contributed by atoms with Crippen molar-refractivity contribution in [3.63, 3.8) is 0 Å². The van der Waals surface area contributed by atoms with E-state index in [1.807, 2.05) is 42.8 Å². The number of piperidine rings is 1. The molecule has 0 amide bonds. The van der Waals surface area contributed by atoms with Crippen LogP contribution in [0.2, 0.25) is 0 Å². The van der Waals surface area contributed by atoms with E-state index in [-0.39, 0.29) is 0 Å². The molecule has 3 heterocycles. The molecule has 2 atom stereocenters. The minimum absolute atomic E-state index is 0.496. The third-order valence-corrected chi connectivity index (χ3v) is 5.70. The molecule has 5 nitrogen and oxygen atoms in total. The Morgan fingerprint density at radius 1 is 1.32 bits per heavy atom. The molecule has 1 fully saturated rings. The van der Waals surface area contributed by atoms with Crippen molar-refractivity contribution >= 4 is 17.3 Å². The van der Waals surface area contributed by atoms with Crippen LogP contribution in [0.4, 0.5) is 0 Å². The summed E-state index contributed by atoms with van der Waals surface area (Å²) in [5.74, 6) is 1.43. The predicted molar refractivity (Wildman–Crippen MR) is 105 cm³/mol. The topological polar surface area (TPSA) is 52.6 Å². The number of hydrogen-bond donors (Lipinski definition) is 2. The van der Waals surface area contributed by atoms with Crippen LogP contribution in [-0.2, 0) is 6.54 Å². The lowest BCUT2D eigenvalue weighted by atomic mass is 9.88. The summed E-state index contributed by atoms with van der Waals surface area (Å²) in [5.41, 5.74) is 1.01. The number of nitrogens with one attached hydrogen (secondary N) is 2. The van der Waals surface area contributed by atoms with Gasteiger partial charge in [0.1, 0.15) is 0 Å². The SMILES string of the molecule is CN=C(NCc1ccccn1)NCC1CCCN(C)C1c1cccs1. The van der Waals surface area contributed by atoms with Crippen LogP contribution in [0, 0.1) is 5.92 Å². The van der Waals surface area contributed by atoms with Crippen LogP contribution in [0.15, 0.2) is 46.9 Å². The van der Waals surface area contributed by atoms with Gasteiger partial charge in [0.2, 0.25) is 0 Å². The zero-order valence-corrected chi connectivity index (χ0v) is 15.8. The summed E-state index contributed by atoms with van der Waals surface area (Å²) in [6.07, 6.45) is 4.32. The molecule has 0 aliphatic carbocycles. The summed E-state index contributed by atoms with van der Waals surface area (Å²) in [6.45, 7) is 2.78. The number of rotatable bonds is 5. The highest BCUT2D eigenvalue weighted by Gasteiger charge is 2.31. The highest BCUT2D eigenvalue weighted by atomic mass is 32.1. The van der Waals surface area contributed by atoms with E-state index in [1.165, 1.54) is 24.3 Å². The lowest BCUT2D eigenvalue weighted by Gasteiger charge is -2.39. The van der Waals surface area contributed by atoms with E-state index in [2.05, 4.69) is 50.1 Å². The van der Waals surface area contributed by atoms with Crippen LogP contribution in [0.1, 0.15) is 29.5 Å². The summed E-state index contributed by atoms with van der Waals surface area (Å²) in [7, 11) is 4.06. The third kappa shape index (κ3) is 4.80. The fourth-order valence-electron chi connectivity index (χ4n) is 3.51. The van der Waals surface area contributed by atoms with Crippen LogP contribution in [-0.4, -0.2) is 43.0 Å². The minimum atomic E-state index is 0.496. The van der Waals surface area contributed by atoms with Gasteiger partial charge in [-0.25, -0.2) is 0 Å². The summed E-state index contributed by atoms with van der Waals surface area (Å²) in [5, 5.41) is 9.04. The van der Waals surface area contributed by atoms with Gasteiger partial charge in [0.05, 0.1) is 12.2 Å². The van der Waals surface area contributed by atoms with Crippen molar-refractivity contribution in [2.24, 2.45) is 10.9 Å². The molecule has 134 valence electrons. The molecule has 6 heteroatoms. The molecule has 1 aliphatic heterocycles. The first-order valence-electron chi connectivity index (χ1n) is 8.86. The highest BCUT2D eigenvalue weighted by Crippen LogP contribution is 2.36. The number of nitrogens with zero attached hydrogens (tertiary/aromatic N) is 3. The van der Waals surface area contributed by atoms with Crippen LogP contribution < -0.4 is 10.6 Å². The number of hydrogen-bond acceptors (Lipinski definition) is 4. The number of likely N-dealkylation sites (tertiary alicyclic amines) is 1. The molecule has 2 aromatic heterocycles. The minimum Gasteiger partial charge on any atom is -0.356 e. The zero-order valence-electron chi connectivity index (χ0n) is 15.0. The third-order valence-electron chi connectivity index (χ3n) is 4.76. The Balaban J connectivity index is 1.56. The van der Waals surface area contributed by atoms with E-state index in [0.717, 1.165) is 18.2 Å². The molecule has 25 heavy (non-hydrogen) atoms. The van der Waals surface area contributed by atoms with Gasteiger partial charge in [-0.1, -0.05) is 12.1 Å². The molecular weight excluding hydrogens is 330 g/mol. The van der Waals surface area contributed by atoms with Crippen LogP contribution >= 0.6 is 11.3 Å². The van der Waals surface area contributed by atoms with E-state index in [1.54, 1.807) is 0 Å². The maximum Gasteiger partial charge on any atom is 0.191 e. The number of pyridine rings is 1. The lowest BCUT2D eigenvalue weighted by Crippen LogP contribution is -2.44. The second-order valence-corrected chi connectivity index (χ2v) is 7.45. The fraction of sp³-hybridized carbons (Fsp3) is 0.474. The molecule has 0 saturated carbocycles. The molecule has 2 N–H and O–H groups in total. The van der Waals surface area contributed by atoms with Crippen molar-refractivity contribution in [1.82, 2.24) is 20.5 Å². The molecule has 2 aromatic rings. The maximum absolute atomic E-state index is 4.35. The first-order valence-corrected chi connectivity index (χ1v) is 9.74. The van der Waals surface area contributed by atoms with Crippen molar-refractivity contribution in [3.8, 4) is 0 Å². The molecule has 2 unspecified atom stereocenters. The second-order valence-electron chi connectivity index (χ2n) is 6.47. The molecule has 0 bridgehead atoms. The Kier molecular flexibility index (Phi) is 6.42. The van der Waals surface area contributed by atoms with Gasteiger partial charge in [-0.05, 0) is 55.9 Å². The monoisotopic (exact) mass is 357 g/mol. The first kappa shape index (κ1) is 17.9. The molecule has 0 aromatic carbocycles. The standard InChI is InChI=1S/C19H27N5S/c1-20-19(23-14-16-8-3-4-10-21-16)22-13-15-7-5-11-24(2)18(15)17-9-6-12-25-17/h3-4,6,8-10,12,15,18H,5,7,11,13-14H2,1-2H3,(H2,20,22,23). The molecule has 0 radical (unpaired) electrons. The van der Waals surface area contributed by atoms with Gasteiger partial charge in [0.25, 0.3) is 0 Å². The zero-order chi connectivity index (χ0) is 17.5. The molecule has 1 saturated heterocycles. The Bertz CT molecular complexity index is 656. The fourth-order valence-corrected chi connectivity index (χ4v) is 4.49. The van der Waals surface area contributed by atoms with Crippen molar-refractivity contribution < 1.29 is 0 Å². The van der Waals surface area contributed by atoms with Gasteiger partial charge in [0, 0.05) is 30.7 Å². The summed E-state index contributed by atoms with van der Waals surface area (Å²) < 4.78 is 0. The average molecular weight is 358 g/mol. The number of guanidine groups is 1. The Hall–Kier alpha value is -1.92. The normalized spacial score (nSPS) is 21.9. The van der Waals surface area contributed by atoms with Crippen LogP contribution in [0.25, 0.3) is 0 Å². The first-order chi connectivity index (χ1) is 12.3. The molecule has 0 spiro atoms. The number of aliphatic imine (C=N–C) groups is 1. The van der Waals surface area contributed by atoms with Crippen molar-refractivity contribution in [1.29, 1.82) is 0 Å². The summed E-state index contributed by atoms with van der Waals surface area (Å²) in [4.78, 5) is 12.6. The Labute approximate surface area is 154 Å². The smallest absolute Gasteiger partial charge is 0.191 e. The Morgan fingerprint density at radius 3 is 2.96 bits per heavy atom. The highest BCUT2D eigenvalue weighted by molar-refractivity contribution is 7.10. The Morgan fingerprint density at radius 2 is 2.24 bits per heavy atom. The second kappa shape index (κ2) is 8.97. The van der Waals surface area contributed by atoms with Crippen molar-refractivity contribution in [2.75, 3.05) is 27.2 Å². The number of thiophene rings is 1. The van der Waals surface area contributed by atoms with Crippen molar-refractivity contribution in [3.05, 3.63) is 52.5 Å². The van der Waals surface area contributed by atoms with Gasteiger partial charge >= 0.3 is 0 Å². The van der Waals surface area contributed by atoms with E-state index >= 15 is 0 Å². The van der Waals surface area contributed by atoms with Crippen LogP contribution in [0.3, 0.4) is 0 Å². The van der Waals surface area contributed by atoms with E-state index in [0.29, 0.717) is 18.5 Å². The summed E-state index contributed by atoms with van der Waals surface area (Å²) >= 11 is 1.86. The maximum atomic E-state index is 4.35. The number of aromatic nitrogens is 1. The van der Waals surface area contributed by atoms with Gasteiger partial charge < -0.3 is 10.6 Å². The molecule has 3 rings (SSSR count). The molecular formula is C19H27N5S. The van der Waals surface area contributed by atoms with E-state index in [9.17, 15) is 0 Å². The summed E-state index contributed by atoms with van der Waals surface area (Å²) in [6, 6.07) is 10.9. The van der Waals surface area contributed by atoms with Gasteiger partial charge in [-0.15, -0.1) is 11.3 Å². The quantitative estimate of drug-likeness (QED) is 0.638. The molecule has 1 aliphatic rings. The lowest BCUT2D eigenvalue weighted by molar-refractivity contribution is 0.125. The van der Waals surface area contributed by atoms with E-state index in [4.69, 9.17) is 0 Å². The van der Waals surface area contributed by atoms with Crippen molar-refractivity contribution in [2.45, 2.75) is 25.4 Å². The predicted octanol–water partition coefficient (Wildman–Crippen LogP) is 2.89. The average Bonchev–Trinajstić information content (AvgIpc) is 3.17. The van der Waals surface area contributed by atoms with Gasteiger partial charge in [-0.3, -0.25) is 14.9 Å².